The van der Waals surface area contributed by atoms with Gasteiger partial charge in [0.15, 0.2) is 0 Å². The third-order valence-electron chi connectivity index (χ3n) is 1.85. The summed E-state index contributed by atoms with van der Waals surface area (Å²) >= 11 is 4.97. The number of thiocarbonyl (C=S) groups is 1. The van der Waals surface area contributed by atoms with Gasteiger partial charge in [-0.2, -0.15) is 0 Å². The van der Waals surface area contributed by atoms with Gasteiger partial charge in [0.2, 0.25) is 0 Å². The van der Waals surface area contributed by atoms with E-state index in [1.54, 1.807) is 43.3 Å². The summed E-state index contributed by atoms with van der Waals surface area (Å²) in [7, 11) is 3.59. The first-order chi connectivity index (χ1) is 7.49. The molecule has 0 aliphatic rings. The second kappa shape index (κ2) is 5.46. The van der Waals surface area contributed by atoms with Crippen LogP contribution < -0.4 is 4.74 Å². The topological polar surface area (TPSA) is 49.8 Å². The summed E-state index contributed by atoms with van der Waals surface area (Å²) in [6.45, 7) is 0. The van der Waals surface area contributed by atoms with Crippen molar-refractivity contribution in [2.24, 2.45) is 0 Å². The van der Waals surface area contributed by atoms with Crippen LogP contribution in [0.2, 0.25) is 0 Å². The van der Waals surface area contributed by atoms with Gasteiger partial charge in [-0.3, -0.25) is 4.79 Å². The highest BCUT2D eigenvalue weighted by Crippen LogP contribution is 2.13. The van der Waals surface area contributed by atoms with E-state index in [0.29, 0.717) is 10.9 Å². The Hall–Kier alpha value is -1.62. The van der Waals surface area contributed by atoms with E-state index in [9.17, 15) is 4.79 Å². The molecule has 1 aromatic carbocycles. The van der Waals surface area contributed by atoms with Crippen molar-refractivity contribution in [2.45, 2.75) is 6.42 Å². The van der Waals surface area contributed by atoms with E-state index in [-0.39, 0.29) is 6.42 Å². The largest absolute Gasteiger partial charge is 0.481 e. The highest BCUT2D eigenvalue weighted by atomic mass is 32.1. The second-order valence-electron chi connectivity index (χ2n) is 3.48. The number of carboxylic acids is 1. The lowest BCUT2D eigenvalue weighted by molar-refractivity contribution is -0.136. The molecule has 0 heterocycles. The molecule has 4 nitrogen and oxygen atoms in total. The molecule has 0 spiro atoms. The molecule has 0 aliphatic carbocycles. The zero-order valence-corrected chi connectivity index (χ0v) is 9.95. The zero-order valence-electron chi connectivity index (χ0n) is 9.14. The van der Waals surface area contributed by atoms with Gasteiger partial charge in [0.05, 0.1) is 6.42 Å². The molecule has 1 rings (SSSR count). The average molecular weight is 239 g/mol. The van der Waals surface area contributed by atoms with E-state index < -0.39 is 5.97 Å². The zero-order chi connectivity index (χ0) is 12.1. The number of benzene rings is 1. The Balaban J connectivity index is 2.64. The number of hydrogen-bond acceptors (Lipinski definition) is 3. The molecule has 0 amide bonds. The van der Waals surface area contributed by atoms with Crippen molar-refractivity contribution in [1.29, 1.82) is 0 Å². The Labute approximate surface area is 99.4 Å². The summed E-state index contributed by atoms with van der Waals surface area (Å²) in [6, 6.07) is 6.82. The molecule has 1 N–H and O–H groups in total. The number of carbonyl (C=O) groups is 1. The van der Waals surface area contributed by atoms with Crippen LogP contribution >= 0.6 is 12.2 Å². The molecule has 0 bridgehead atoms. The van der Waals surface area contributed by atoms with Gasteiger partial charge >= 0.3 is 5.97 Å². The smallest absolute Gasteiger partial charge is 0.307 e. The maximum atomic E-state index is 10.5. The van der Waals surface area contributed by atoms with E-state index in [1.165, 1.54) is 0 Å². The minimum absolute atomic E-state index is 0.0123. The van der Waals surface area contributed by atoms with Crippen molar-refractivity contribution in [3.8, 4) is 5.75 Å². The van der Waals surface area contributed by atoms with Crippen molar-refractivity contribution in [1.82, 2.24) is 4.90 Å². The fourth-order valence-corrected chi connectivity index (χ4v) is 1.14. The lowest BCUT2D eigenvalue weighted by Gasteiger charge is -2.14. The molecule has 0 atom stereocenters. The van der Waals surface area contributed by atoms with E-state index >= 15 is 0 Å². The Morgan fingerprint density at radius 1 is 1.38 bits per heavy atom. The lowest BCUT2D eigenvalue weighted by Crippen LogP contribution is -2.24. The molecule has 0 fully saturated rings. The predicted octanol–water partition coefficient (Wildman–Crippen LogP) is 1.54. The van der Waals surface area contributed by atoms with Crippen molar-refractivity contribution in [2.75, 3.05) is 14.1 Å². The van der Waals surface area contributed by atoms with Gasteiger partial charge in [-0.25, -0.2) is 0 Å². The van der Waals surface area contributed by atoms with Crippen LogP contribution in [0.25, 0.3) is 0 Å². The first-order valence-corrected chi connectivity index (χ1v) is 5.09. The maximum Gasteiger partial charge on any atom is 0.307 e. The van der Waals surface area contributed by atoms with Crippen molar-refractivity contribution >= 4 is 23.4 Å². The van der Waals surface area contributed by atoms with Gasteiger partial charge in [-0.1, -0.05) is 12.1 Å². The fourth-order valence-electron chi connectivity index (χ4n) is 1.04. The summed E-state index contributed by atoms with van der Waals surface area (Å²) in [5.74, 6) is -0.245. The van der Waals surface area contributed by atoms with Crippen LogP contribution in [-0.4, -0.2) is 35.2 Å². The van der Waals surface area contributed by atoms with Crippen LogP contribution in [0.15, 0.2) is 24.3 Å². The van der Waals surface area contributed by atoms with E-state index in [4.69, 9.17) is 22.1 Å². The van der Waals surface area contributed by atoms with Gasteiger partial charge in [0.1, 0.15) is 5.75 Å². The first-order valence-electron chi connectivity index (χ1n) is 4.69. The second-order valence-corrected chi connectivity index (χ2v) is 3.83. The minimum Gasteiger partial charge on any atom is -0.481 e. The monoisotopic (exact) mass is 239 g/mol. The number of carboxylic acid groups (broad SMARTS) is 1. The molecule has 0 unspecified atom stereocenters. The summed E-state index contributed by atoms with van der Waals surface area (Å²) in [6.07, 6.45) is 0.0123. The molecule has 0 aliphatic heterocycles. The van der Waals surface area contributed by atoms with Gasteiger partial charge < -0.3 is 14.7 Å². The molecule has 5 heteroatoms. The number of ether oxygens (including phenoxy) is 1. The summed E-state index contributed by atoms with van der Waals surface area (Å²) in [5, 5.41) is 8.96. The fraction of sp³-hybridized carbons (Fsp3) is 0.273. The molecule has 1 aromatic rings. The van der Waals surface area contributed by atoms with Crippen LogP contribution in [-0.2, 0) is 11.2 Å². The normalized spacial score (nSPS) is 9.62. The Morgan fingerprint density at radius 2 is 1.94 bits per heavy atom. The highest BCUT2D eigenvalue weighted by molar-refractivity contribution is 7.80. The Bertz CT molecular complexity index is 387. The van der Waals surface area contributed by atoms with E-state index in [1.807, 2.05) is 0 Å². The van der Waals surface area contributed by atoms with Gasteiger partial charge in [0, 0.05) is 14.1 Å². The number of hydrogen-bond donors (Lipinski definition) is 1. The maximum absolute atomic E-state index is 10.5. The molecule has 0 radical (unpaired) electrons. The number of nitrogens with zero attached hydrogens (tertiary/aromatic N) is 1. The van der Waals surface area contributed by atoms with Crippen LogP contribution in [0, 0.1) is 0 Å². The molecule has 0 saturated carbocycles. The molecule has 86 valence electrons. The van der Waals surface area contributed by atoms with Gasteiger partial charge in [-0.05, 0) is 29.9 Å². The standard InChI is InChI=1S/C11H13NO3S/c1-12(2)11(16)15-9-5-3-8(4-6-9)7-10(13)14/h3-6H,7H2,1-2H3,(H,13,14). The van der Waals surface area contributed by atoms with Crippen molar-refractivity contribution in [3.05, 3.63) is 29.8 Å². The first kappa shape index (κ1) is 12.4. The van der Waals surface area contributed by atoms with E-state index in [0.717, 1.165) is 5.56 Å². The Morgan fingerprint density at radius 3 is 2.38 bits per heavy atom. The lowest BCUT2D eigenvalue weighted by atomic mass is 10.1. The third kappa shape index (κ3) is 3.86. The van der Waals surface area contributed by atoms with Crippen molar-refractivity contribution in [3.63, 3.8) is 0 Å². The summed E-state index contributed by atoms with van der Waals surface area (Å²) < 4.78 is 5.35. The number of aliphatic carboxylic acids is 1. The molecular formula is C11H13NO3S. The molecule has 16 heavy (non-hydrogen) atoms. The SMILES string of the molecule is CN(C)C(=S)Oc1ccc(CC(=O)O)cc1. The van der Waals surface area contributed by atoms with Gasteiger partial charge in [0.25, 0.3) is 5.17 Å². The van der Waals surface area contributed by atoms with Crippen LogP contribution in [0.3, 0.4) is 0 Å². The van der Waals surface area contributed by atoms with E-state index in [2.05, 4.69) is 0 Å². The molecule has 0 saturated heterocycles. The predicted molar refractivity (Wildman–Crippen MR) is 64.7 cm³/mol. The van der Waals surface area contributed by atoms with Crippen molar-refractivity contribution < 1.29 is 14.6 Å². The number of rotatable bonds is 3. The summed E-state index contributed by atoms with van der Waals surface area (Å²) in [4.78, 5) is 12.1. The van der Waals surface area contributed by atoms with Crippen LogP contribution in [0.1, 0.15) is 5.56 Å². The quantitative estimate of drug-likeness (QED) is 0.811. The average Bonchev–Trinajstić information content (AvgIpc) is 2.20. The summed E-state index contributed by atoms with van der Waals surface area (Å²) in [5.41, 5.74) is 0.732. The molecule has 0 aromatic heterocycles. The van der Waals surface area contributed by atoms with Gasteiger partial charge in [-0.15, -0.1) is 0 Å². The minimum atomic E-state index is -0.850. The van der Waals surface area contributed by atoms with Crippen LogP contribution in [0.4, 0.5) is 0 Å². The Kier molecular flexibility index (Phi) is 4.25. The molecular weight excluding hydrogens is 226 g/mol. The van der Waals surface area contributed by atoms with Crippen LogP contribution in [0.5, 0.6) is 5.75 Å². The highest BCUT2D eigenvalue weighted by Gasteiger charge is 2.03. The third-order valence-corrected chi connectivity index (χ3v) is 2.30.